The van der Waals surface area contributed by atoms with Gasteiger partial charge in [-0.15, -0.1) is 0 Å². The number of anilines is 3. The number of benzene rings is 8. The van der Waals surface area contributed by atoms with E-state index in [-0.39, 0.29) is 10.8 Å². The average Bonchev–Trinajstić information content (AvgIpc) is 3.87. The molecular formula is C58H41NO2. The minimum atomic E-state index is -0.387. The Hall–Kier alpha value is -7.36. The molecule has 0 bridgehead atoms. The fourth-order valence-electron chi connectivity index (χ4n) is 11.5. The monoisotopic (exact) mass is 783 g/mol. The van der Waals surface area contributed by atoms with E-state index in [1.54, 1.807) is 0 Å². The molecule has 1 spiro atoms. The zero-order valence-electron chi connectivity index (χ0n) is 34.1. The molecule has 8 aromatic carbocycles. The summed E-state index contributed by atoms with van der Waals surface area (Å²) in [6, 6.07) is 68.7. The van der Waals surface area contributed by atoms with Gasteiger partial charge in [-0.3, -0.25) is 0 Å². The molecule has 0 N–H and O–H groups in total. The Balaban J connectivity index is 0.977. The maximum atomic E-state index is 7.28. The van der Waals surface area contributed by atoms with E-state index in [1.165, 1.54) is 66.8 Å². The normalized spacial score (nSPS) is 16.3. The summed E-state index contributed by atoms with van der Waals surface area (Å²) in [7, 11) is 0. The van der Waals surface area contributed by atoms with Crippen LogP contribution in [-0.4, -0.2) is 0 Å². The van der Waals surface area contributed by atoms with Gasteiger partial charge in [0.1, 0.15) is 5.76 Å². The Morgan fingerprint density at radius 1 is 0.426 bits per heavy atom. The fourth-order valence-corrected chi connectivity index (χ4v) is 11.5. The van der Waals surface area contributed by atoms with Crippen LogP contribution in [0.15, 0.2) is 205 Å². The second kappa shape index (κ2) is 12.6. The standard InChI is InChI=1S/C58H41NO2/c1-57(2)45-23-11-6-19-40(45)43-30-28-37(34-50(43)57)59(51-27-15-10-18-39(51)36-16-4-3-5-17-36)38-29-32-52-54(35-38)61-56-53(60-52)33-31-49-55(56)44-22-9-14-26-48(44)58(49)46-24-12-7-20-41(46)42-21-8-13-25-47(42)58/h3-30,32,34-35H,31,33H2,1-2H3. The van der Waals surface area contributed by atoms with Crippen LogP contribution in [-0.2, 0) is 10.8 Å². The highest BCUT2D eigenvalue weighted by atomic mass is 16.6. The lowest BCUT2D eigenvalue weighted by Crippen LogP contribution is -2.29. The lowest BCUT2D eigenvalue weighted by atomic mass is 9.68. The van der Waals surface area contributed by atoms with Crippen molar-refractivity contribution in [2.75, 3.05) is 4.90 Å². The topological polar surface area (TPSA) is 21.7 Å². The van der Waals surface area contributed by atoms with E-state index in [0.29, 0.717) is 5.75 Å². The molecule has 0 saturated carbocycles. The number of hydrogen-bond acceptors (Lipinski definition) is 3. The Labute approximate surface area is 356 Å². The summed E-state index contributed by atoms with van der Waals surface area (Å²) in [4.78, 5) is 2.40. The molecule has 1 heterocycles. The van der Waals surface area contributed by atoms with Crippen molar-refractivity contribution < 1.29 is 9.47 Å². The third kappa shape index (κ3) is 4.64. The van der Waals surface area contributed by atoms with Crippen LogP contribution in [0.25, 0.3) is 39.0 Å². The molecule has 0 fully saturated rings. The summed E-state index contributed by atoms with van der Waals surface area (Å²) in [6.07, 6.45) is 1.64. The summed E-state index contributed by atoms with van der Waals surface area (Å²) in [5.74, 6) is 3.19. The van der Waals surface area contributed by atoms with Gasteiger partial charge in [0.05, 0.1) is 16.8 Å². The fraction of sp³-hybridized carbons (Fsp3) is 0.103. The third-order valence-corrected chi connectivity index (χ3v) is 14.1. The minimum absolute atomic E-state index is 0.149. The van der Waals surface area contributed by atoms with Crippen LogP contribution in [0.3, 0.4) is 0 Å². The molecule has 0 atom stereocenters. The zero-order chi connectivity index (χ0) is 40.5. The van der Waals surface area contributed by atoms with Crippen molar-refractivity contribution in [2.24, 2.45) is 0 Å². The Morgan fingerprint density at radius 3 is 1.69 bits per heavy atom. The molecule has 0 radical (unpaired) electrons. The predicted molar refractivity (Wildman–Crippen MR) is 247 cm³/mol. The minimum Gasteiger partial charge on any atom is -0.454 e. The number of rotatable bonds is 4. The Kier molecular flexibility index (Phi) is 7.11. The molecule has 0 aromatic heterocycles. The van der Waals surface area contributed by atoms with Gasteiger partial charge >= 0.3 is 0 Å². The van der Waals surface area contributed by atoms with E-state index in [0.717, 1.165) is 58.3 Å². The summed E-state index contributed by atoms with van der Waals surface area (Å²) in [5.41, 5.74) is 20.7. The maximum Gasteiger partial charge on any atom is 0.173 e. The van der Waals surface area contributed by atoms with Crippen LogP contribution in [0.5, 0.6) is 11.5 Å². The molecule has 61 heavy (non-hydrogen) atoms. The van der Waals surface area contributed by atoms with Gasteiger partial charge in [-0.05, 0) is 104 Å². The second-order valence-corrected chi connectivity index (χ2v) is 17.4. The van der Waals surface area contributed by atoms with E-state index in [4.69, 9.17) is 9.47 Å². The van der Waals surface area contributed by atoms with Crippen molar-refractivity contribution in [3.05, 3.63) is 239 Å². The second-order valence-electron chi connectivity index (χ2n) is 17.4. The smallest absolute Gasteiger partial charge is 0.173 e. The molecule has 3 nitrogen and oxygen atoms in total. The van der Waals surface area contributed by atoms with Gasteiger partial charge in [-0.25, -0.2) is 0 Å². The van der Waals surface area contributed by atoms with E-state index in [1.807, 2.05) is 0 Å². The van der Waals surface area contributed by atoms with Crippen LogP contribution in [0.1, 0.15) is 60.1 Å². The summed E-state index contributed by atoms with van der Waals surface area (Å²) in [6.45, 7) is 4.69. The quantitative estimate of drug-likeness (QED) is 0.177. The summed E-state index contributed by atoms with van der Waals surface area (Å²) >= 11 is 0. The van der Waals surface area contributed by atoms with Gasteiger partial charge in [0.15, 0.2) is 17.3 Å². The van der Waals surface area contributed by atoms with Gasteiger partial charge in [0.2, 0.25) is 0 Å². The maximum absolute atomic E-state index is 7.28. The van der Waals surface area contributed by atoms with Gasteiger partial charge in [-0.2, -0.15) is 0 Å². The lowest BCUT2D eigenvalue weighted by Gasteiger charge is -2.35. The van der Waals surface area contributed by atoms with Crippen LogP contribution in [0, 0.1) is 0 Å². The van der Waals surface area contributed by atoms with E-state index in [9.17, 15) is 0 Å². The number of hydrogen-bond donors (Lipinski definition) is 0. The molecule has 1 aliphatic heterocycles. The van der Waals surface area contributed by atoms with Crippen molar-refractivity contribution in [1.29, 1.82) is 0 Å². The van der Waals surface area contributed by atoms with Crippen LogP contribution < -0.4 is 14.4 Å². The molecule has 0 amide bonds. The SMILES string of the molecule is CC1(C)c2ccccc2-c2ccc(N(c3ccc4c(c3)OC3=C(CCC5=C3c3ccccc3C53c5ccccc5-c5ccccc53)O4)c3ccccc3-c3ccccc3)cc21. The molecular weight excluding hydrogens is 743 g/mol. The molecule has 290 valence electrons. The highest BCUT2D eigenvalue weighted by molar-refractivity contribution is 5.99. The van der Waals surface area contributed by atoms with Gasteiger partial charge in [-0.1, -0.05) is 166 Å². The largest absolute Gasteiger partial charge is 0.454 e. The number of ether oxygens (including phenoxy) is 2. The number of allylic oxidation sites excluding steroid dienone is 3. The first kappa shape index (κ1) is 34.5. The number of nitrogens with zero attached hydrogens (tertiary/aromatic N) is 1. The average molecular weight is 784 g/mol. The van der Waals surface area contributed by atoms with Gasteiger partial charge < -0.3 is 14.4 Å². The molecule has 0 saturated heterocycles. The van der Waals surface area contributed by atoms with Gasteiger partial charge in [0.25, 0.3) is 0 Å². The molecule has 0 unspecified atom stereocenters. The number of fused-ring (bicyclic) bond motifs is 14. The van der Waals surface area contributed by atoms with Gasteiger partial charge in [0, 0.05) is 34.7 Å². The lowest BCUT2D eigenvalue weighted by molar-refractivity contribution is 0.291. The number of para-hydroxylation sites is 1. The van der Waals surface area contributed by atoms with Crippen LogP contribution in [0.2, 0.25) is 0 Å². The van der Waals surface area contributed by atoms with E-state index < -0.39 is 0 Å². The highest BCUT2D eigenvalue weighted by Gasteiger charge is 2.55. The van der Waals surface area contributed by atoms with Crippen molar-refractivity contribution in [3.8, 4) is 44.9 Å². The first-order valence-corrected chi connectivity index (χ1v) is 21.5. The summed E-state index contributed by atoms with van der Waals surface area (Å²) < 4.78 is 14.2. The molecule has 3 heteroatoms. The molecule has 5 aliphatic rings. The Morgan fingerprint density at radius 2 is 0.967 bits per heavy atom. The van der Waals surface area contributed by atoms with Crippen molar-refractivity contribution in [1.82, 2.24) is 0 Å². The van der Waals surface area contributed by atoms with E-state index >= 15 is 0 Å². The Bertz CT molecular complexity index is 3190. The third-order valence-electron chi connectivity index (χ3n) is 14.1. The molecule has 4 aliphatic carbocycles. The highest BCUT2D eigenvalue weighted by Crippen LogP contribution is 2.65. The molecule has 13 rings (SSSR count). The van der Waals surface area contributed by atoms with Crippen molar-refractivity contribution in [2.45, 2.75) is 37.5 Å². The van der Waals surface area contributed by atoms with Crippen molar-refractivity contribution in [3.63, 3.8) is 0 Å². The predicted octanol–water partition coefficient (Wildman–Crippen LogP) is 14.7. The molecule has 8 aromatic rings. The zero-order valence-corrected chi connectivity index (χ0v) is 34.1. The van der Waals surface area contributed by atoms with Crippen LogP contribution in [0.4, 0.5) is 17.1 Å². The van der Waals surface area contributed by atoms with Crippen LogP contribution >= 0.6 is 0 Å². The first-order valence-electron chi connectivity index (χ1n) is 21.5. The van der Waals surface area contributed by atoms with Crippen molar-refractivity contribution >= 4 is 22.6 Å². The van der Waals surface area contributed by atoms with E-state index in [2.05, 4.69) is 207 Å². The first-order chi connectivity index (χ1) is 30.0. The summed E-state index contributed by atoms with van der Waals surface area (Å²) in [5, 5.41) is 0.